The van der Waals surface area contributed by atoms with Gasteiger partial charge in [0.1, 0.15) is 5.69 Å². The number of Topliss-reactive ketones (excluding diaryl/α,β-unsaturated/α-hetero) is 1. The molecule has 1 amide bonds. The van der Waals surface area contributed by atoms with E-state index in [0.717, 1.165) is 22.2 Å². The maximum atomic E-state index is 12.8. The second-order valence-corrected chi connectivity index (χ2v) is 8.72. The number of para-hydroxylation sites is 1. The number of nitrogens with one attached hydrogen (secondary N) is 1. The standard InChI is InChI=1S/C25H15N5O5S/c31-22(14-6-2-1-3-7-14)15-10-11-16-18(12-15)27-19(13-26-16)21(30(34)35)23(32)24(33)29-25-28-17-8-4-5-9-20(17)36-25/h1-13,21H,(H,28,29,33). The molecular formula is C25H15N5O5S. The van der Waals surface area contributed by atoms with E-state index in [1.54, 1.807) is 66.7 Å². The van der Waals surface area contributed by atoms with Gasteiger partial charge in [0.15, 0.2) is 10.9 Å². The number of ketones is 2. The Balaban J connectivity index is 1.43. The van der Waals surface area contributed by atoms with Gasteiger partial charge in [-0.1, -0.05) is 53.8 Å². The molecule has 36 heavy (non-hydrogen) atoms. The monoisotopic (exact) mass is 497 g/mol. The predicted octanol–water partition coefficient (Wildman–Crippen LogP) is 4.00. The molecule has 11 heteroatoms. The average molecular weight is 497 g/mol. The molecule has 1 atom stereocenters. The summed E-state index contributed by atoms with van der Waals surface area (Å²) < 4.78 is 0.785. The van der Waals surface area contributed by atoms with Crippen molar-refractivity contribution in [2.45, 2.75) is 6.04 Å². The zero-order valence-electron chi connectivity index (χ0n) is 18.3. The van der Waals surface area contributed by atoms with Crippen molar-refractivity contribution in [1.29, 1.82) is 0 Å². The summed E-state index contributed by atoms with van der Waals surface area (Å²) in [6.07, 6.45) is 1.08. The van der Waals surface area contributed by atoms with Crippen LogP contribution in [0.1, 0.15) is 27.7 Å². The lowest BCUT2D eigenvalue weighted by Gasteiger charge is -2.09. The summed E-state index contributed by atoms with van der Waals surface area (Å²) in [7, 11) is 0. The van der Waals surface area contributed by atoms with E-state index in [2.05, 4.69) is 20.3 Å². The van der Waals surface area contributed by atoms with Gasteiger partial charge in [0.05, 0.1) is 27.4 Å². The molecular weight excluding hydrogens is 482 g/mol. The van der Waals surface area contributed by atoms with Crippen LogP contribution < -0.4 is 5.32 Å². The number of nitro groups is 1. The zero-order chi connectivity index (χ0) is 25.2. The van der Waals surface area contributed by atoms with Crippen LogP contribution in [0.15, 0.2) is 79.0 Å². The number of fused-ring (bicyclic) bond motifs is 2. The molecule has 2 heterocycles. The highest BCUT2D eigenvalue weighted by molar-refractivity contribution is 7.22. The van der Waals surface area contributed by atoms with Gasteiger partial charge in [0.25, 0.3) is 5.78 Å². The number of hydrogen-bond acceptors (Lipinski definition) is 9. The molecule has 1 unspecified atom stereocenters. The third-order valence-electron chi connectivity index (χ3n) is 5.34. The smallest absolute Gasteiger partial charge is 0.295 e. The van der Waals surface area contributed by atoms with E-state index in [9.17, 15) is 24.5 Å². The fourth-order valence-electron chi connectivity index (χ4n) is 3.60. The van der Waals surface area contributed by atoms with E-state index in [1.165, 1.54) is 6.07 Å². The van der Waals surface area contributed by atoms with Crippen LogP contribution in [0.25, 0.3) is 21.3 Å². The maximum Gasteiger partial charge on any atom is 0.322 e. The van der Waals surface area contributed by atoms with Crippen molar-refractivity contribution >= 4 is 55.2 Å². The van der Waals surface area contributed by atoms with Crippen LogP contribution in [-0.2, 0) is 9.59 Å². The first kappa shape index (κ1) is 22.9. The maximum absolute atomic E-state index is 12.8. The topological polar surface area (TPSA) is 145 Å². The van der Waals surface area contributed by atoms with E-state index in [0.29, 0.717) is 22.2 Å². The van der Waals surface area contributed by atoms with Gasteiger partial charge in [-0.05, 0) is 30.3 Å². The summed E-state index contributed by atoms with van der Waals surface area (Å²) in [5.74, 6) is -2.77. The first-order chi connectivity index (χ1) is 17.4. The normalized spacial score (nSPS) is 11.8. The lowest BCUT2D eigenvalue weighted by atomic mass is 10.0. The number of amides is 1. The minimum atomic E-state index is -2.08. The molecule has 1 N–H and O–H groups in total. The van der Waals surface area contributed by atoms with E-state index < -0.39 is 22.7 Å². The Labute approximate surface area is 206 Å². The molecule has 0 spiro atoms. The number of thiazole rings is 1. The second-order valence-electron chi connectivity index (χ2n) is 7.69. The van der Waals surface area contributed by atoms with Crippen molar-refractivity contribution < 1.29 is 19.3 Å². The number of carbonyl (C=O) groups is 3. The van der Waals surface area contributed by atoms with Gasteiger partial charge in [0.2, 0.25) is 0 Å². The van der Waals surface area contributed by atoms with Gasteiger partial charge in [-0.2, -0.15) is 0 Å². The third kappa shape index (κ3) is 4.42. The first-order valence-electron chi connectivity index (χ1n) is 10.6. The largest absolute Gasteiger partial charge is 0.322 e. The van der Waals surface area contributed by atoms with Gasteiger partial charge in [-0.15, -0.1) is 0 Å². The minimum absolute atomic E-state index is 0.144. The second kappa shape index (κ2) is 9.39. The number of nitrogens with zero attached hydrogens (tertiary/aromatic N) is 4. The van der Waals surface area contributed by atoms with Gasteiger partial charge >= 0.3 is 11.9 Å². The van der Waals surface area contributed by atoms with Crippen molar-refractivity contribution in [3.8, 4) is 0 Å². The van der Waals surface area contributed by atoms with Gasteiger partial charge in [-0.3, -0.25) is 34.8 Å². The van der Waals surface area contributed by atoms with Gasteiger partial charge in [0, 0.05) is 16.1 Å². The molecule has 0 bridgehead atoms. The van der Waals surface area contributed by atoms with Crippen LogP contribution in [0, 0.1) is 10.1 Å². The Morgan fingerprint density at radius 1 is 0.861 bits per heavy atom. The molecule has 0 aliphatic heterocycles. The molecule has 176 valence electrons. The summed E-state index contributed by atoms with van der Waals surface area (Å²) in [6.45, 7) is 0. The number of benzene rings is 3. The van der Waals surface area contributed by atoms with E-state index >= 15 is 0 Å². The Kier molecular flexibility index (Phi) is 5.97. The Morgan fingerprint density at radius 3 is 2.36 bits per heavy atom. The first-order valence-corrected chi connectivity index (χ1v) is 11.4. The van der Waals surface area contributed by atoms with Crippen molar-refractivity contribution in [1.82, 2.24) is 15.0 Å². The molecule has 2 aromatic heterocycles. The molecule has 0 aliphatic carbocycles. The molecule has 3 aromatic carbocycles. The summed E-state index contributed by atoms with van der Waals surface area (Å²) in [4.78, 5) is 61.6. The quantitative estimate of drug-likeness (QED) is 0.154. The molecule has 5 aromatic rings. The fraction of sp³-hybridized carbons (Fsp3) is 0.0400. The molecule has 0 saturated heterocycles. The van der Waals surface area contributed by atoms with Gasteiger partial charge < -0.3 is 0 Å². The molecule has 0 saturated carbocycles. The number of anilines is 1. The molecule has 0 radical (unpaired) electrons. The van der Waals surface area contributed by atoms with Crippen LogP contribution >= 0.6 is 11.3 Å². The highest BCUT2D eigenvalue weighted by Gasteiger charge is 2.39. The van der Waals surface area contributed by atoms with Crippen LogP contribution in [0.5, 0.6) is 0 Å². The van der Waals surface area contributed by atoms with Crippen molar-refractivity contribution in [2.24, 2.45) is 0 Å². The molecule has 0 fully saturated rings. The molecule has 0 aliphatic rings. The highest BCUT2D eigenvalue weighted by Crippen LogP contribution is 2.26. The average Bonchev–Trinajstić information content (AvgIpc) is 3.30. The number of rotatable bonds is 7. The van der Waals surface area contributed by atoms with Crippen molar-refractivity contribution in [2.75, 3.05) is 5.32 Å². The number of aromatic nitrogens is 3. The van der Waals surface area contributed by atoms with Crippen LogP contribution in [-0.4, -0.2) is 37.3 Å². The summed E-state index contributed by atoms with van der Waals surface area (Å²) >= 11 is 1.14. The van der Waals surface area contributed by atoms with Crippen molar-refractivity contribution in [3.05, 3.63) is 106 Å². The Bertz CT molecular complexity index is 1630. The Hall–Kier alpha value is -4.90. The SMILES string of the molecule is O=C(Nc1nc2ccccc2s1)C(=O)C(c1cnc2ccc(C(=O)c3ccccc3)cc2n1)[N+](=O)[O-]. The predicted molar refractivity (Wildman–Crippen MR) is 132 cm³/mol. The van der Waals surface area contributed by atoms with Crippen LogP contribution in [0.4, 0.5) is 5.13 Å². The third-order valence-corrected chi connectivity index (χ3v) is 6.29. The van der Waals surface area contributed by atoms with E-state index in [1.807, 2.05) is 0 Å². The fourth-order valence-corrected chi connectivity index (χ4v) is 4.46. The number of hydrogen-bond donors (Lipinski definition) is 1. The van der Waals surface area contributed by atoms with Gasteiger partial charge in [-0.25, -0.2) is 9.97 Å². The van der Waals surface area contributed by atoms with E-state index in [4.69, 9.17) is 0 Å². The summed E-state index contributed by atoms with van der Waals surface area (Å²) in [5.41, 5.74) is 1.62. The zero-order valence-corrected chi connectivity index (χ0v) is 19.1. The molecule has 5 rings (SSSR count). The Morgan fingerprint density at radius 2 is 1.61 bits per heavy atom. The van der Waals surface area contributed by atoms with Crippen LogP contribution in [0.3, 0.4) is 0 Å². The molecule has 10 nitrogen and oxygen atoms in total. The summed E-state index contributed by atoms with van der Waals surface area (Å²) in [6, 6.07) is 18.2. The van der Waals surface area contributed by atoms with E-state index in [-0.39, 0.29) is 22.1 Å². The minimum Gasteiger partial charge on any atom is -0.295 e. The van der Waals surface area contributed by atoms with Crippen molar-refractivity contribution in [3.63, 3.8) is 0 Å². The number of carbonyl (C=O) groups excluding carboxylic acids is 3. The van der Waals surface area contributed by atoms with Crippen LogP contribution in [0.2, 0.25) is 0 Å². The lowest BCUT2D eigenvalue weighted by Crippen LogP contribution is -2.33. The summed E-state index contributed by atoms with van der Waals surface area (Å²) in [5, 5.41) is 14.3. The lowest BCUT2D eigenvalue weighted by molar-refractivity contribution is -0.513. The highest BCUT2D eigenvalue weighted by atomic mass is 32.1.